The minimum Gasteiger partial charge on any atom is -0.469 e. The Morgan fingerprint density at radius 2 is 2.15 bits per heavy atom. The van der Waals surface area contributed by atoms with Crippen molar-refractivity contribution < 1.29 is 9.21 Å². The van der Waals surface area contributed by atoms with E-state index in [1.165, 1.54) is 25.7 Å². The molecule has 6 heteroatoms. The molecule has 1 saturated carbocycles. The highest BCUT2D eigenvalue weighted by molar-refractivity contribution is 5.99. The molecule has 26 heavy (non-hydrogen) atoms. The average Bonchev–Trinajstić information content (AvgIpc) is 3.32. The van der Waals surface area contributed by atoms with E-state index in [4.69, 9.17) is 4.42 Å². The van der Waals surface area contributed by atoms with Crippen molar-refractivity contribution in [3.63, 3.8) is 0 Å². The van der Waals surface area contributed by atoms with Gasteiger partial charge in [-0.2, -0.15) is 5.10 Å². The molecular formula is C20H24N4O2. The summed E-state index contributed by atoms with van der Waals surface area (Å²) in [5.41, 5.74) is 2.03. The van der Waals surface area contributed by atoms with E-state index in [0.717, 1.165) is 17.9 Å². The van der Waals surface area contributed by atoms with Crippen LogP contribution in [0.1, 0.15) is 59.8 Å². The average molecular weight is 352 g/mol. The van der Waals surface area contributed by atoms with Crippen molar-refractivity contribution in [2.24, 2.45) is 5.92 Å². The highest BCUT2D eigenvalue weighted by atomic mass is 16.3. The zero-order valence-electron chi connectivity index (χ0n) is 15.0. The van der Waals surface area contributed by atoms with Crippen molar-refractivity contribution in [2.75, 3.05) is 6.54 Å². The van der Waals surface area contributed by atoms with Crippen LogP contribution in [-0.2, 0) is 0 Å². The highest BCUT2D eigenvalue weighted by Crippen LogP contribution is 2.36. The molecule has 0 unspecified atom stereocenters. The van der Waals surface area contributed by atoms with Crippen LogP contribution in [0.3, 0.4) is 0 Å². The summed E-state index contributed by atoms with van der Waals surface area (Å²) in [4.78, 5) is 16.9. The number of nitrogens with one attached hydrogen (secondary N) is 1. The molecule has 136 valence electrons. The first kappa shape index (κ1) is 16.8. The Bertz CT molecular complexity index is 876. The van der Waals surface area contributed by atoms with Gasteiger partial charge in [-0.15, -0.1) is 0 Å². The summed E-state index contributed by atoms with van der Waals surface area (Å²) in [6.45, 7) is 2.60. The Labute approximate surface area is 152 Å². The molecule has 1 N–H and O–H groups in total. The summed E-state index contributed by atoms with van der Waals surface area (Å²) in [6.07, 6.45) is 10.9. The number of aryl methyl sites for hydroxylation is 1. The third-order valence-corrected chi connectivity index (χ3v) is 5.38. The maximum atomic E-state index is 12.5. The number of nitrogens with zero attached hydrogens (tertiary/aromatic N) is 3. The number of hydrogen-bond donors (Lipinski definition) is 1. The molecule has 4 rings (SSSR count). The van der Waals surface area contributed by atoms with E-state index in [0.29, 0.717) is 29.6 Å². The minimum atomic E-state index is -0.0950. The fraction of sp³-hybridized carbons (Fsp3) is 0.450. The van der Waals surface area contributed by atoms with Crippen molar-refractivity contribution in [3.8, 4) is 0 Å². The van der Waals surface area contributed by atoms with E-state index in [1.54, 1.807) is 17.0 Å². The molecule has 0 atom stereocenters. The molecule has 0 bridgehead atoms. The van der Waals surface area contributed by atoms with Crippen LogP contribution in [0.4, 0.5) is 0 Å². The molecule has 0 saturated heterocycles. The number of aromatic nitrogens is 3. The zero-order chi connectivity index (χ0) is 17.9. The Kier molecular flexibility index (Phi) is 4.73. The smallest absolute Gasteiger partial charge is 0.256 e. The van der Waals surface area contributed by atoms with Gasteiger partial charge in [-0.1, -0.05) is 0 Å². The molecule has 0 spiro atoms. The van der Waals surface area contributed by atoms with Gasteiger partial charge in [0, 0.05) is 24.4 Å². The van der Waals surface area contributed by atoms with Crippen LogP contribution in [0, 0.1) is 12.8 Å². The van der Waals surface area contributed by atoms with Crippen molar-refractivity contribution in [1.29, 1.82) is 0 Å². The van der Waals surface area contributed by atoms with Gasteiger partial charge in [-0.3, -0.25) is 4.79 Å². The summed E-state index contributed by atoms with van der Waals surface area (Å²) >= 11 is 0. The molecule has 1 fully saturated rings. The van der Waals surface area contributed by atoms with Gasteiger partial charge in [-0.25, -0.2) is 9.50 Å². The molecule has 1 amide bonds. The first-order chi connectivity index (χ1) is 12.7. The molecule has 0 radical (unpaired) electrons. The fourth-order valence-electron chi connectivity index (χ4n) is 3.86. The van der Waals surface area contributed by atoms with E-state index < -0.39 is 0 Å². The quantitative estimate of drug-likeness (QED) is 0.759. The molecule has 3 aromatic rings. The van der Waals surface area contributed by atoms with Gasteiger partial charge in [-0.05, 0) is 63.1 Å². The van der Waals surface area contributed by atoms with Gasteiger partial charge in [0.25, 0.3) is 5.91 Å². The monoisotopic (exact) mass is 352 g/mol. The van der Waals surface area contributed by atoms with Gasteiger partial charge >= 0.3 is 0 Å². The molecule has 1 aliphatic carbocycles. The second-order valence-corrected chi connectivity index (χ2v) is 7.17. The van der Waals surface area contributed by atoms with Crippen LogP contribution in [0.15, 0.2) is 41.3 Å². The Morgan fingerprint density at radius 1 is 1.31 bits per heavy atom. The Balaban J connectivity index is 1.27. The van der Waals surface area contributed by atoms with E-state index >= 15 is 0 Å². The van der Waals surface area contributed by atoms with Gasteiger partial charge in [0.2, 0.25) is 0 Å². The summed E-state index contributed by atoms with van der Waals surface area (Å²) in [5, 5.41) is 7.23. The first-order valence-corrected chi connectivity index (χ1v) is 9.33. The predicted octanol–water partition coefficient (Wildman–Crippen LogP) is 3.72. The van der Waals surface area contributed by atoms with Gasteiger partial charge in [0.05, 0.1) is 12.5 Å². The normalized spacial score (nSPS) is 20.3. The molecule has 0 aliphatic heterocycles. The standard InChI is InChI=1S/C20H24N4O2/c1-14-9-11-24-19(23-14)17(13-22-24)20(25)21-10-8-15-4-6-16(7-5-15)18-3-2-12-26-18/h2-3,9,11-13,15-16H,4-8,10H2,1H3,(H,21,25). The summed E-state index contributed by atoms with van der Waals surface area (Å²) in [5.74, 6) is 2.25. The van der Waals surface area contributed by atoms with Crippen LogP contribution in [-0.4, -0.2) is 27.0 Å². The Morgan fingerprint density at radius 3 is 2.92 bits per heavy atom. The van der Waals surface area contributed by atoms with Crippen molar-refractivity contribution >= 4 is 11.6 Å². The number of hydrogen-bond acceptors (Lipinski definition) is 4. The van der Waals surface area contributed by atoms with E-state index in [2.05, 4.69) is 21.5 Å². The molecule has 1 aliphatic rings. The third kappa shape index (κ3) is 3.49. The summed E-state index contributed by atoms with van der Waals surface area (Å²) in [7, 11) is 0. The third-order valence-electron chi connectivity index (χ3n) is 5.38. The van der Waals surface area contributed by atoms with Gasteiger partial charge in [0.15, 0.2) is 5.65 Å². The molecule has 0 aromatic carbocycles. The van der Waals surface area contributed by atoms with Crippen LogP contribution in [0.2, 0.25) is 0 Å². The molecule has 3 heterocycles. The lowest BCUT2D eigenvalue weighted by molar-refractivity contribution is 0.0951. The minimum absolute atomic E-state index is 0.0950. The van der Waals surface area contributed by atoms with E-state index in [1.807, 2.05) is 25.3 Å². The molecule has 3 aromatic heterocycles. The fourth-order valence-corrected chi connectivity index (χ4v) is 3.86. The molecular weight excluding hydrogens is 328 g/mol. The first-order valence-electron chi connectivity index (χ1n) is 9.33. The maximum Gasteiger partial charge on any atom is 0.256 e. The lowest BCUT2D eigenvalue weighted by atomic mass is 9.79. The van der Waals surface area contributed by atoms with E-state index in [9.17, 15) is 4.79 Å². The number of fused-ring (bicyclic) bond motifs is 1. The van der Waals surface area contributed by atoms with Crippen molar-refractivity contribution in [3.05, 3.63) is 53.9 Å². The SMILES string of the molecule is Cc1ccn2ncc(C(=O)NCCC3CCC(c4ccco4)CC3)c2n1. The lowest BCUT2D eigenvalue weighted by Gasteiger charge is -2.27. The maximum absolute atomic E-state index is 12.5. The number of amides is 1. The second-order valence-electron chi connectivity index (χ2n) is 7.17. The number of rotatable bonds is 5. The van der Waals surface area contributed by atoms with Gasteiger partial charge < -0.3 is 9.73 Å². The topological polar surface area (TPSA) is 72.4 Å². The van der Waals surface area contributed by atoms with Crippen molar-refractivity contribution in [1.82, 2.24) is 19.9 Å². The van der Waals surface area contributed by atoms with Gasteiger partial charge in [0.1, 0.15) is 11.3 Å². The number of carbonyl (C=O) groups is 1. The van der Waals surface area contributed by atoms with Crippen LogP contribution in [0.25, 0.3) is 5.65 Å². The Hall–Kier alpha value is -2.63. The van der Waals surface area contributed by atoms with Crippen LogP contribution < -0.4 is 5.32 Å². The molecule has 6 nitrogen and oxygen atoms in total. The number of carbonyl (C=O) groups excluding carboxylic acids is 1. The van der Waals surface area contributed by atoms with Crippen molar-refractivity contribution in [2.45, 2.75) is 44.9 Å². The predicted molar refractivity (Wildman–Crippen MR) is 98.1 cm³/mol. The highest BCUT2D eigenvalue weighted by Gasteiger charge is 2.24. The second kappa shape index (κ2) is 7.32. The zero-order valence-corrected chi connectivity index (χ0v) is 15.0. The lowest BCUT2D eigenvalue weighted by Crippen LogP contribution is -2.27. The summed E-state index contributed by atoms with van der Waals surface area (Å²) in [6, 6.07) is 5.92. The van der Waals surface area contributed by atoms with E-state index in [-0.39, 0.29) is 5.91 Å². The summed E-state index contributed by atoms with van der Waals surface area (Å²) < 4.78 is 7.17. The van der Waals surface area contributed by atoms with Crippen LogP contribution >= 0.6 is 0 Å². The van der Waals surface area contributed by atoms with Crippen LogP contribution in [0.5, 0.6) is 0 Å². The largest absolute Gasteiger partial charge is 0.469 e. The number of furan rings is 1.